The molecule has 11 rings (SSSR count). The van der Waals surface area contributed by atoms with Crippen molar-refractivity contribution >= 4 is 5.97 Å². The first-order valence-corrected chi connectivity index (χ1v) is 33.4. The minimum Gasteiger partial charge on any atom is -0.432 e. The van der Waals surface area contributed by atoms with Gasteiger partial charge in [0.15, 0.2) is 37.6 Å². The predicted octanol–water partition coefficient (Wildman–Crippen LogP) is -7.55. The number of hydrogen-bond donors (Lipinski definition) is 20. The first-order valence-electron chi connectivity index (χ1n) is 33.4. The Labute approximate surface area is 553 Å². The van der Waals surface area contributed by atoms with E-state index in [0.717, 1.165) is 5.57 Å². The van der Waals surface area contributed by atoms with Crippen molar-refractivity contribution < 1.29 is 164 Å². The summed E-state index contributed by atoms with van der Waals surface area (Å²) in [6.45, 7) is 6.04. The number of hydrogen-bond acceptors (Lipinski definition) is 33. The summed E-state index contributed by atoms with van der Waals surface area (Å²) in [6, 6.07) is 0. The molecule has 0 radical (unpaired) electrons. The van der Waals surface area contributed by atoms with Crippen molar-refractivity contribution in [3.8, 4) is 0 Å². The second kappa shape index (κ2) is 27.9. The maximum atomic E-state index is 15.6. The summed E-state index contributed by atoms with van der Waals surface area (Å²) in [7, 11) is 0. The molecule has 552 valence electrons. The van der Waals surface area contributed by atoms with Crippen LogP contribution < -0.4 is 0 Å². The van der Waals surface area contributed by atoms with E-state index in [4.69, 9.17) is 56.8 Å². The van der Waals surface area contributed by atoms with Crippen LogP contribution in [0.2, 0.25) is 0 Å². The third-order valence-corrected chi connectivity index (χ3v) is 24.7. The molecule has 11 aliphatic rings. The van der Waals surface area contributed by atoms with Crippen molar-refractivity contribution in [1.29, 1.82) is 0 Å². The monoisotopic (exact) mass is 1390 g/mol. The fourth-order valence-electron chi connectivity index (χ4n) is 18.9. The average molecular weight is 1390 g/mol. The third kappa shape index (κ3) is 12.3. The van der Waals surface area contributed by atoms with Crippen LogP contribution in [0.5, 0.6) is 0 Å². The molecule has 6 aliphatic heterocycles. The van der Waals surface area contributed by atoms with Crippen molar-refractivity contribution in [3.63, 3.8) is 0 Å². The standard InChI is InChI=1S/C63H102O33/c1-24-44(91-50-42(80)45(29(71)19-85-50)92-55-48(82)62(84,22-68)23-87-55)39(77)41(79)51(88-24)94-47-35(73)28(70)18-86-54(47)96-56(83)63-12-11-57(2,3)13-26(63)25-7-8-32-58(4)14-27(69)49(61(20-66,21-67)33(58)9-10-59(32,5)60(25,6)15-34(63)72)95-53-43(81)46(37(75)31(17-65)90-53)93-52-40(78)38(76)36(74)30(16-64)89-52/h7,24,26-55,64-82,84H,8-23H2,1-6H3/t24-,26-,27-,28-,29+,30+,31+,32+,33+,34+,35-,36+,37+,38-,39-,40+,41+,42+,43+,44?,45-,46-,47+,48-,49-,50-,51-,52-,53-,54-,55-,58+,59+,60+,62+,63+/m0/s1. The SMILES string of the molecule is C[C@@H]1O[C@@H](O[C@H]2[C@H](OC(=O)[C@]34CCC(C)(C)C[C@H]3C3=CC[C@@H]5[C@@]6(C)C[C@H](O)[C@H](O[C@@H]7O[C@H](CO)[C@@H](O)[C@H](O[C@@H]8O[C@H](CO)[C@@H](O)[C@H](O)[C@H]8O)[C@H]7O)C(CO)(CO)[C@@H]6CC[C@@]5(C)[C@]3(C)C[C@H]4O)OC[C@H](O)[C@@H]2O)[C@H](O)[C@H](O)C1O[C@@H]1OC[C@@H](O)[C@H](O[C@@H]2OC[C@](O)(CO)[C@H]2O)[C@H]1O. The molecule has 4 saturated carbocycles. The molecule has 0 spiro atoms. The van der Waals surface area contributed by atoms with Crippen LogP contribution in [0.1, 0.15) is 92.9 Å². The lowest BCUT2D eigenvalue weighted by Crippen LogP contribution is -2.72. The van der Waals surface area contributed by atoms with E-state index in [9.17, 15) is 102 Å². The number of carbonyl (C=O) groups is 1. The highest BCUT2D eigenvalue weighted by Crippen LogP contribution is 2.76. The Hall–Kier alpha value is -2.03. The zero-order chi connectivity index (χ0) is 70.1. The fourth-order valence-corrected chi connectivity index (χ4v) is 18.9. The van der Waals surface area contributed by atoms with Crippen LogP contribution in [0, 0.1) is 50.2 Å². The molecule has 0 bridgehead atoms. The molecule has 0 amide bonds. The quantitative estimate of drug-likeness (QED) is 0.0365. The van der Waals surface area contributed by atoms with Crippen LogP contribution in [0.3, 0.4) is 0 Å². The van der Waals surface area contributed by atoms with E-state index in [1.807, 2.05) is 6.92 Å². The van der Waals surface area contributed by atoms with Crippen molar-refractivity contribution in [2.45, 2.75) is 271 Å². The van der Waals surface area contributed by atoms with Gasteiger partial charge in [-0.2, -0.15) is 0 Å². The lowest BCUT2D eigenvalue weighted by Gasteiger charge is -2.72. The molecule has 0 aromatic carbocycles. The topological polar surface area (TPSA) is 532 Å². The number of fused-ring (bicyclic) bond motifs is 7. The number of rotatable bonds is 17. The first kappa shape index (κ1) is 75.1. The largest absolute Gasteiger partial charge is 0.432 e. The zero-order valence-electron chi connectivity index (χ0n) is 54.5. The van der Waals surface area contributed by atoms with Gasteiger partial charge in [0.25, 0.3) is 0 Å². The Morgan fingerprint density at radius 3 is 1.76 bits per heavy atom. The molecule has 36 atom stereocenters. The Morgan fingerprint density at radius 2 is 1.11 bits per heavy atom. The van der Waals surface area contributed by atoms with Gasteiger partial charge in [-0.25, -0.2) is 0 Å². The minimum absolute atomic E-state index is 0.00569. The van der Waals surface area contributed by atoms with Crippen LogP contribution in [-0.2, 0) is 61.6 Å². The van der Waals surface area contributed by atoms with E-state index in [1.54, 1.807) is 0 Å². The number of aliphatic hydroxyl groups excluding tert-OH is 19. The summed E-state index contributed by atoms with van der Waals surface area (Å²) in [5.74, 6) is -2.53. The van der Waals surface area contributed by atoms with Crippen molar-refractivity contribution in [1.82, 2.24) is 0 Å². The Kier molecular flexibility index (Phi) is 21.8. The number of ether oxygens (including phenoxy) is 12. The lowest BCUT2D eigenvalue weighted by atomic mass is 9.33. The van der Waals surface area contributed by atoms with Crippen LogP contribution >= 0.6 is 0 Å². The normalized spacial score (nSPS) is 54.0. The highest BCUT2D eigenvalue weighted by atomic mass is 16.8. The van der Waals surface area contributed by atoms with Crippen LogP contribution in [0.15, 0.2) is 11.6 Å². The van der Waals surface area contributed by atoms with Crippen molar-refractivity contribution in [2.75, 3.05) is 52.9 Å². The molecular formula is C63H102O33. The Morgan fingerprint density at radius 1 is 0.531 bits per heavy atom. The number of carbonyl (C=O) groups excluding carboxylic acids is 1. The van der Waals surface area contributed by atoms with E-state index in [-0.39, 0.29) is 25.2 Å². The Bertz CT molecular complexity index is 2710. The van der Waals surface area contributed by atoms with Gasteiger partial charge in [0.2, 0.25) is 6.29 Å². The molecule has 6 saturated heterocycles. The second-order valence-corrected chi connectivity index (χ2v) is 30.7. The van der Waals surface area contributed by atoms with E-state index in [1.165, 1.54) is 6.92 Å². The first-order chi connectivity index (χ1) is 45.1. The van der Waals surface area contributed by atoms with Gasteiger partial charge in [-0.1, -0.05) is 46.3 Å². The molecule has 96 heavy (non-hydrogen) atoms. The molecule has 6 heterocycles. The van der Waals surface area contributed by atoms with Gasteiger partial charge in [-0.05, 0) is 97.7 Å². The number of esters is 1. The Balaban J connectivity index is 0.804. The van der Waals surface area contributed by atoms with Gasteiger partial charge in [-0.3, -0.25) is 4.79 Å². The molecule has 33 heteroatoms. The molecule has 5 aliphatic carbocycles. The summed E-state index contributed by atoms with van der Waals surface area (Å²) < 4.78 is 70.3. The van der Waals surface area contributed by atoms with Gasteiger partial charge < -0.3 is 159 Å². The summed E-state index contributed by atoms with van der Waals surface area (Å²) in [4.78, 5) is 15.6. The van der Waals surface area contributed by atoms with E-state index < -0.39 is 281 Å². The van der Waals surface area contributed by atoms with E-state index >= 15 is 4.79 Å². The molecule has 10 fully saturated rings. The molecule has 20 N–H and O–H groups in total. The highest BCUT2D eigenvalue weighted by molar-refractivity contribution is 5.80. The predicted molar refractivity (Wildman–Crippen MR) is 314 cm³/mol. The molecular weight excluding hydrogens is 1280 g/mol. The van der Waals surface area contributed by atoms with E-state index in [2.05, 4.69) is 33.8 Å². The van der Waals surface area contributed by atoms with Crippen molar-refractivity contribution in [3.05, 3.63) is 11.6 Å². The van der Waals surface area contributed by atoms with Crippen LogP contribution in [0.25, 0.3) is 0 Å². The second-order valence-electron chi connectivity index (χ2n) is 30.7. The molecule has 33 nitrogen and oxygen atoms in total. The third-order valence-electron chi connectivity index (χ3n) is 24.7. The summed E-state index contributed by atoms with van der Waals surface area (Å²) in [5.41, 5.74) is -7.41. The van der Waals surface area contributed by atoms with E-state index in [0.29, 0.717) is 32.1 Å². The van der Waals surface area contributed by atoms with Crippen molar-refractivity contribution in [2.24, 2.45) is 50.2 Å². The van der Waals surface area contributed by atoms with Gasteiger partial charge in [0, 0.05) is 5.41 Å². The van der Waals surface area contributed by atoms with Gasteiger partial charge in [0.1, 0.15) is 115 Å². The minimum atomic E-state index is -2.09. The average Bonchev–Trinajstić information content (AvgIpc) is 0.691. The fraction of sp³-hybridized carbons (Fsp3) is 0.952. The molecule has 0 aromatic rings. The van der Waals surface area contributed by atoms with Gasteiger partial charge in [0.05, 0.1) is 77.3 Å². The summed E-state index contributed by atoms with van der Waals surface area (Å²) >= 11 is 0. The summed E-state index contributed by atoms with van der Waals surface area (Å²) in [5, 5.41) is 222. The maximum Gasteiger partial charge on any atom is 0.317 e. The molecule has 0 aromatic heterocycles. The zero-order valence-corrected chi connectivity index (χ0v) is 54.5. The maximum absolute atomic E-state index is 15.6. The summed E-state index contributed by atoms with van der Waals surface area (Å²) in [6.07, 6.45) is -43.6. The number of aliphatic hydroxyl groups is 20. The highest BCUT2D eigenvalue weighted by Gasteiger charge is 2.74. The smallest absolute Gasteiger partial charge is 0.317 e. The molecule has 1 unspecified atom stereocenters. The van der Waals surface area contributed by atoms with Gasteiger partial charge in [-0.15, -0.1) is 0 Å². The van der Waals surface area contributed by atoms with Gasteiger partial charge >= 0.3 is 5.97 Å². The lowest BCUT2D eigenvalue weighted by molar-refractivity contribution is -0.377. The van der Waals surface area contributed by atoms with Crippen LogP contribution in [-0.4, -0.2) is 339 Å². The number of allylic oxidation sites excluding steroid dienone is 2. The van der Waals surface area contributed by atoms with Crippen LogP contribution in [0.4, 0.5) is 0 Å².